The fourth-order valence-electron chi connectivity index (χ4n) is 1.75. The molecule has 104 valence electrons. The Morgan fingerprint density at radius 1 is 1.20 bits per heavy atom. The summed E-state index contributed by atoms with van der Waals surface area (Å²) in [7, 11) is 0. The summed E-state index contributed by atoms with van der Waals surface area (Å²) in [5.74, 6) is -3.65. The smallest absolute Gasteiger partial charge is 0.372 e. The molecular formula is C12H6Cl2O6. The molecule has 0 atom stereocenters. The lowest BCUT2D eigenvalue weighted by atomic mass is 10.1. The quantitative estimate of drug-likeness (QED) is 0.901. The number of fused-ring (bicyclic) bond motifs is 1. The van der Waals surface area contributed by atoms with E-state index in [2.05, 4.69) is 0 Å². The normalized spacial score (nSPS) is 10.7. The van der Waals surface area contributed by atoms with Gasteiger partial charge in [0.15, 0.2) is 11.0 Å². The summed E-state index contributed by atoms with van der Waals surface area (Å²) in [6.07, 6.45) is -0.774. The van der Waals surface area contributed by atoms with Gasteiger partial charge in [0.1, 0.15) is 0 Å². The van der Waals surface area contributed by atoms with Crippen LogP contribution in [-0.2, 0) is 11.2 Å². The second-order valence-corrected chi connectivity index (χ2v) is 4.72. The Balaban J connectivity index is 2.93. The van der Waals surface area contributed by atoms with Gasteiger partial charge in [0.2, 0.25) is 5.76 Å². The van der Waals surface area contributed by atoms with Gasteiger partial charge in [-0.25, -0.2) is 4.79 Å². The van der Waals surface area contributed by atoms with Crippen LogP contribution in [0.25, 0.3) is 11.0 Å². The number of hydrogen-bond acceptors (Lipinski definition) is 4. The summed E-state index contributed by atoms with van der Waals surface area (Å²) < 4.78 is 5.07. The summed E-state index contributed by atoms with van der Waals surface area (Å²) in [5.41, 5.74) is -1.39. The van der Waals surface area contributed by atoms with Gasteiger partial charge in [-0.15, -0.1) is 0 Å². The van der Waals surface area contributed by atoms with Crippen LogP contribution in [0.3, 0.4) is 0 Å². The number of benzene rings is 1. The molecule has 0 saturated carbocycles. The van der Waals surface area contributed by atoms with Gasteiger partial charge in [0.05, 0.1) is 22.4 Å². The van der Waals surface area contributed by atoms with Crippen LogP contribution in [0.15, 0.2) is 21.3 Å². The average Bonchev–Trinajstić information content (AvgIpc) is 2.32. The fourth-order valence-corrected chi connectivity index (χ4v) is 2.28. The molecule has 2 aromatic rings. The van der Waals surface area contributed by atoms with Crippen LogP contribution in [0, 0.1) is 0 Å². The van der Waals surface area contributed by atoms with Crippen molar-refractivity contribution in [1.29, 1.82) is 0 Å². The number of carboxylic acids is 2. The van der Waals surface area contributed by atoms with Crippen molar-refractivity contribution in [1.82, 2.24) is 0 Å². The second-order valence-electron chi connectivity index (χ2n) is 3.88. The van der Waals surface area contributed by atoms with E-state index in [1.807, 2.05) is 0 Å². The molecule has 0 amide bonds. The van der Waals surface area contributed by atoms with Gasteiger partial charge in [0, 0.05) is 5.02 Å². The largest absolute Gasteiger partial charge is 0.481 e. The Morgan fingerprint density at radius 2 is 1.85 bits per heavy atom. The van der Waals surface area contributed by atoms with E-state index in [0.717, 1.165) is 0 Å². The zero-order chi connectivity index (χ0) is 15.0. The highest BCUT2D eigenvalue weighted by atomic mass is 35.5. The maximum atomic E-state index is 12.2. The standard InChI is InChI=1S/C12H6Cl2O6/c13-4-1-5-9(17)6(3-8(15)16)11(12(18)19)20-10(5)7(14)2-4/h1-2H,3H2,(H,15,16)(H,18,19). The lowest BCUT2D eigenvalue weighted by molar-refractivity contribution is -0.136. The molecule has 0 spiro atoms. The van der Waals surface area contributed by atoms with Crippen LogP contribution in [0.5, 0.6) is 0 Å². The summed E-state index contributed by atoms with van der Waals surface area (Å²) in [5, 5.41) is 17.8. The number of carbonyl (C=O) groups is 2. The topological polar surface area (TPSA) is 105 Å². The third-order valence-electron chi connectivity index (χ3n) is 2.53. The molecule has 0 bridgehead atoms. The molecule has 0 fully saturated rings. The van der Waals surface area contributed by atoms with Crippen LogP contribution in [0.1, 0.15) is 16.1 Å². The van der Waals surface area contributed by atoms with Crippen molar-refractivity contribution in [3.8, 4) is 0 Å². The van der Waals surface area contributed by atoms with E-state index in [4.69, 9.17) is 37.8 Å². The molecule has 6 nitrogen and oxygen atoms in total. The van der Waals surface area contributed by atoms with E-state index in [9.17, 15) is 14.4 Å². The minimum Gasteiger partial charge on any atom is -0.481 e. The van der Waals surface area contributed by atoms with E-state index < -0.39 is 35.1 Å². The maximum Gasteiger partial charge on any atom is 0.372 e. The monoisotopic (exact) mass is 316 g/mol. The predicted molar refractivity (Wildman–Crippen MR) is 70.8 cm³/mol. The molecule has 0 saturated heterocycles. The van der Waals surface area contributed by atoms with Crippen LogP contribution < -0.4 is 5.43 Å². The lowest BCUT2D eigenvalue weighted by Gasteiger charge is -2.06. The number of hydrogen-bond donors (Lipinski definition) is 2. The molecule has 0 unspecified atom stereocenters. The molecule has 1 aromatic carbocycles. The number of halogens is 2. The summed E-state index contributed by atoms with van der Waals surface area (Å²) >= 11 is 11.6. The van der Waals surface area contributed by atoms with Crippen molar-refractivity contribution < 1.29 is 24.2 Å². The number of aromatic carboxylic acids is 1. The molecule has 1 aromatic heterocycles. The van der Waals surface area contributed by atoms with Gasteiger partial charge < -0.3 is 14.6 Å². The number of aliphatic carboxylic acids is 1. The van der Waals surface area contributed by atoms with Gasteiger partial charge in [0.25, 0.3) is 0 Å². The summed E-state index contributed by atoms with van der Waals surface area (Å²) in [6, 6.07) is 2.53. The molecular weight excluding hydrogens is 311 g/mol. The Morgan fingerprint density at radius 3 is 2.40 bits per heavy atom. The van der Waals surface area contributed by atoms with Crippen molar-refractivity contribution in [2.75, 3.05) is 0 Å². The van der Waals surface area contributed by atoms with Gasteiger partial charge in [-0.1, -0.05) is 23.2 Å². The first-order valence-corrected chi connectivity index (χ1v) is 5.96. The minimum atomic E-state index is -1.55. The third kappa shape index (κ3) is 2.48. The molecule has 2 N–H and O–H groups in total. The van der Waals surface area contributed by atoms with Crippen LogP contribution in [0.4, 0.5) is 0 Å². The highest BCUT2D eigenvalue weighted by Crippen LogP contribution is 2.28. The van der Waals surface area contributed by atoms with Crippen LogP contribution >= 0.6 is 23.2 Å². The highest BCUT2D eigenvalue weighted by Gasteiger charge is 2.23. The van der Waals surface area contributed by atoms with Crippen molar-refractivity contribution >= 4 is 46.1 Å². The Hall–Kier alpha value is -2.05. The van der Waals surface area contributed by atoms with Crippen molar-refractivity contribution in [3.63, 3.8) is 0 Å². The SMILES string of the molecule is O=C(O)Cc1c(C(=O)O)oc2c(Cl)cc(Cl)cc2c1=O. The van der Waals surface area contributed by atoms with Gasteiger partial charge in [-0.05, 0) is 12.1 Å². The van der Waals surface area contributed by atoms with Crippen molar-refractivity contribution in [2.24, 2.45) is 0 Å². The average molecular weight is 317 g/mol. The van der Waals surface area contributed by atoms with E-state index in [-0.39, 0.29) is 21.0 Å². The number of carboxylic acid groups (broad SMARTS) is 2. The fraction of sp³-hybridized carbons (Fsp3) is 0.0833. The zero-order valence-corrected chi connectivity index (χ0v) is 11.2. The van der Waals surface area contributed by atoms with Crippen molar-refractivity contribution in [2.45, 2.75) is 6.42 Å². The molecule has 2 rings (SSSR count). The molecule has 20 heavy (non-hydrogen) atoms. The third-order valence-corrected chi connectivity index (χ3v) is 3.03. The Kier molecular flexibility index (Phi) is 3.69. The first-order chi connectivity index (χ1) is 9.31. The first-order valence-electron chi connectivity index (χ1n) is 5.21. The Labute approximate surface area is 121 Å². The maximum absolute atomic E-state index is 12.2. The van der Waals surface area contributed by atoms with Crippen molar-refractivity contribution in [3.05, 3.63) is 43.7 Å². The lowest BCUT2D eigenvalue weighted by Crippen LogP contribution is -2.19. The molecule has 1 heterocycles. The van der Waals surface area contributed by atoms with Crippen LogP contribution in [-0.4, -0.2) is 22.2 Å². The van der Waals surface area contributed by atoms with Crippen LogP contribution in [0.2, 0.25) is 10.0 Å². The van der Waals surface area contributed by atoms with Gasteiger partial charge in [-0.2, -0.15) is 0 Å². The van der Waals surface area contributed by atoms with E-state index in [0.29, 0.717) is 0 Å². The molecule has 0 aliphatic carbocycles. The molecule has 8 heteroatoms. The molecule has 0 radical (unpaired) electrons. The number of rotatable bonds is 3. The summed E-state index contributed by atoms with van der Waals surface area (Å²) in [4.78, 5) is 34.0. The van der Waals surface area contributed by atoms with Gasteiger partial charge >= 0.3 is 11.9 Å². The van der Waals surface area contributed by atoms with E-state index >= 15 is 0 Å². The minimum absolute atomic E-state index is 0.0334. The second kappa shape index (κ2) is 5.15. The molecule has 0 aliphatic rings. The van der Waals surface area contributed by atoms with E-state index in [1.165, 1.54) is 12.1 Å². The molecule has 0 aliphatic heterocycles. The van der Waals surface area contributed by atoms with E-state index in [1.54, 1.807) is 0 Å². The zero-order valence-electron chi connectivity index (χ0n) is 9.65. The summed E-state index contributed by atoms with van der Waals surface area (Å²) in [6.45, 7) is 0. The Bertz CT molecular complexity index is 793. The highest BCUT2D eigenvalue weighted by molar-refractivity contribution is 6.38. The predicted octanol–water partition coefficient (Wildman–Crippen LogP) is 2.43. The first kappa shape index (κ1) is 14.4. The van der Waals surface area contributed by atoms with Gasteiger partial charge in [-0.3, -0.25) is 9.59 Å².